The lowest BCUT2D eigenvalue weighted by Crippen LogP contribution is -2.38. The Bertz CT molecular complexity index is 527. The molecule has 140 valence electrons. The van der Waals surface area contributed by atoms with Crippen LogP contribution >= 0.6 is 0 Å². The number of benzene rings is 1. The first kappa shape index (κ1) is 19.7. The summed E-state index contributed by atoms with van der Waals surface area (Å²) in [4.78, 5) is 14.3. The fourth-order valence-electron chi connectivity index (χ4n) is 3.27. The zero-order valence-corrected chi connectivity index (χ0v) is 15.6. The molecule has 0 saturated carbocycles. The molecular formula is C20H33N3O2. The molecule has 1 aliphatic heterocycles. The minimum Gasteiger partial charge on any atom is -0.387 e. The maximum absolute atomic E-state index is 11.8. The second-order valence-electron chi connectivity index (χ2n) is 7.24. The number of rotatable bonds is 8. The van der Waals surface area contributed by atoms with Crippen LogP contribution in [0.25, 0.3) is 0 Å². The molecule has 1 aromatic rings. The molecule has 1 unspecified atom stereocenters. The van der Waals surface area contributed by atoms with Crippen LogP contribution in [-0.2, 0) is 0 Å². The Hall–Kier alpha value is -1.59. The van der Waals surface area contributed by atoms with Gasteiger partial charge in [0.25, 0.3) is 0 Å². The van der Waals surface area contributed by atoms with Gasteiger partial charge in [-0.15, -0.1) is 0 Å². The maximum Gasteiger partial charge on any atom is 0.314 e. The molecule has 2 amide bonds. The quantitative estimate of drug-likeness (QED) is 0.634. The molecule has 0 aliphatic carbocycles. The Morgan fingerprint density at radius 3 is 2.68 bits per heavy atom. The fourth-order valence-corrected chi connectivity index (χ4v) is 3.27. The van der Waals surface area contributed by atoms with Crippen LogP contribution in [0.1, 0.15) is 49.8 Å². The summed E-state index contributed by atoms with van der Waals surface area (Å²) in [6.07, 6.45) is 4.04. The number of aliphatic hydroxyl groups is 1. The van der Waals surface area contributed by atoms with Gasteiger partial charge in [0.05, 0.1) is 6.10 Å². The summed E-state index contributed by atoms with van der Waals surface area (Å²) in [5.41, 5.74) is 1.89. The van der Waals surface area contributed by atoms with Crippen molar-refractivity contribution in [1.82, 2.24) is 15.5 Å². The Morgan fingerprint density at radius 2 is 1.96 bits per heavy atom. The zero-order valence-electron chi connectivity index (χ0n) is 15.6. The van der Waals surface area contributed by atoms with Crippen LogP contribution in [0, 0.1) is 12.8 Å². The van der Waals surface area contributed by atoms with Crippen molar-refractivity contribution in [2.45, 2.75) is 45.6 Å². The lowest BCUT2D eigenvalue weighted by Gasteiger charge is -2.30. The van der Waals surface area contributed by atoms with Crippen LogP contribution in [0.4, 0.5) is 4.79 Å². The number of unbranched alkanes of at least 4 members (excludes halogenated alkanes) is 1. The summed E-state index contributed by atoms with van der Waals surface area (Å²) in [5, 5.41) is 15.8. The number of amides is 2. The van der Waals surface area contributed by atoms with Gasteiger partial charge in [0, 0.05) is 13.1 Å². The van der Waals surface area contributed by atoms with Gasteiger partial charge in [-0.3, -0.25) is 0 Å². The van der Waals surface area contributed by atoms with E-state index < -0.39 is 6.10 Å². The number of piperidine rings is 1. The molecule has 2 rings (SSSR count). The van der Waals surface area contributed by atoms with Crippen LogP contribution in [0.3, 0.4) is 0 Å². The molecule has 1 saturated heterocycles. The summed E-state index contributed by atoms with van der Waals surface area (Å²) in [7, 11) is 0. The summed E-state index contributed by atoms with van der Waals surface area (Å²) in [6.45, 7) is 8.75. The Morgan fingerprint density at radius 1 is 1.24 bits per heavy atom. The number of hydrogen-bond acceptors (Lipinski definition) is 3. The first-order valence-corrected chi connectivity index (χ1v) is 9.54. The van der Waals surface area contributed by atoms with Gasteiger partial charge >= 0.3 is 6.03 Å². The average molecular weight is 348 g/mol. The van der Waals surface area contributed by atoms with Crippen molar-refractivity contribution in [3.8, 4) is 0 Å². The molecule has 0 radical (unpaired) electrons. The van der Waals surface area contributed by atoms with E-state index in [4.69, 9.17) is 0 Å². The molecule has 3 N–H and O–H groups in total. The molecule has 5 nitrogen and oxygen atoms in total. The predicted octanol–water partition coefficient (Wildman–Crippen LogP) is 2.84. The third-order valence-corrected chi connectivity index (χ3v) is 5.07. The molecule has 1 atom stereocenters. The van der Waals surface area contributed by atoms with Gasteiger partial charge in [0.2, 0.25) is 0 Å². The normalized spacial score (nSPS) is 17.2. The van der Waals surface area contributed by atoms with Crippen LogP contribution in [0.15, 0.2) is 24.3 Å². The molecule has 25 heavy (non-hydrogen) atoms. The lowest BCUT2D eigenvalue weighted by atomic mass is 9.99. The Kier molecular flexibility index (Phi) is 8.22. The van der Waals surface area contributed by atoms with Crippen LogP contribution < -0.4 is 10.6 Å². The monoisotopic (exact) mass is 347 g/mol. The number of likely N-dealkylation sites (tertiary alicyclic amines) is 1. The molecule has 5 heteroatoms. The van der Waals surface area contributed by atoms with Gasteiger partial charge in [-0.05, 0) is 69.3 Å². The minimum atomic E-state index is -0.673. The van der Waals surface area contributed by atoms with Crippen molar-refractivity contribution < 1.29 is 9.90 Å². The largest absolute Gasteiger partial charge is 0.387 e. The number of nitrogens with one attached hydrogen (secondary N) is 2. The van der Waals surface area contributed by atoms with Crippen molar-refractivity contribution in [3.05, 3.63) is 35.4 Å². The third-order valence-electron chi connectivity index (χ3n) is 5.07. The van der Waals surface area contributed by atoms with E-state index in [0.717, 1.165) is 36.4 Å². The molecule has 0 aromatic heterocycles. The highest BCUT2D eigenvalue weighted by atomic mass is 16.3. The highest BCUT2D eigenvalue weighted by Gasteiger charge is 2.15. The van der Waals surface area contributed by atoms with Gasteiger partial charge in [0.15, 0.2) is 0 Å². The molecule has 0 bridgehead atoms. The van der Waals surface area contributed by atoms with E-state index in [1.54, 1.807) is 0 Å². The average Bonchev–Trinajstić information content (AvgIpc) is 2.61. The summed E-state index contributed by atoms with van der Waals surface area (Å²) in [6, 6.07) is 7.48. The van der Waals surface area contributed by atoms with Crippen LogP contribution in [0.2, 0.25) is 0 Å². The number of nitrogens with zero attached hydrogens (tertiary/aromatic N) is 1. The second-order valence-corrected chi connectivity index (χ2v) is 7.24. The van der Waals surface area contributed by atoms with Crippen molar-refractivity contribution in [1.29, 1.82) is 0 Å². The summed E-state index contributed by atoms with van der Waals surface area (Å²) in [5.74, 6) is 0.872. The SMILES string of the molecule is Cc1ccccc1C(O)CNC(=O)NCCCCN1CCC(C)CC1. The number of urea groups is 1. The van der Waals surface area contributed by atoms with E-state index in [9.17, 15) is 9.90 Å². The number of aliphatic hydroxyl groups excluding tert-OH is 1. The van der Waals surface area contributed by atoms with Gasteiger partial charge in [-0.1, -0.05) is 31.2 Å². The zero-order chi connectivity index (χ0) is 18.1. The van der Waals surface area contributed by atoms with E-state index in [1.807, 2.05) is 31.2 Å². The number of carbonyl (C=O) groups excluding carboxylic acids is 1. The number of aryl methyl sites for hydroxylation is 1. The van der Waals surface area contributed by atoms with Gasteiger partial charge in [-0.25, -0.2) is 4.79 Å². The predicted molar refractivity (Wildman–Crippen MR) is 102 cm³/mol. The minimum absolute atomic E-state index is 0.209. The van der Waals surface area contributed by atoms with Crippen LogP contribution in [0.5, 0.6) is 0 Å². The van der Waals surface area contributed by atoms with Crippen molar-refractivity contribution in [2.75, 3.05) is 32.7 Å². The maximum atomic E-state index is 11.8. The standard InChI is InChI=1S/C20H33N3O2/c1-16-9-13-23(14-10-16)12-6-5-11-21-20(25)22-15-19(24)18-8-4-3-7-17(18)2/h3-4,7-8,16,19,24H,5-6,9-15H2,1-2H3,(H2,21,22,25). The first-order chi connectivity index (χ1) is 12.1. The first-order valence-electron chi connectivity index (χ1n) is 9.54. The van der Waals surface area contributed by atoms with Crippen molar-refractivity contribution >= 4 is 6.03 Å². The van der Waals surface area contributed by atoms with Gasteiger partial charge < -0.3 is 20.6 Å². The molecule has 0 spiro atoms. The van der Waals surface area contributed by atoms with Crippen molar-refractivity contribution in [2.24, 2.45) is 5.92 Å². The highest BCUT2D eigenvalue weighted by Crippen LogP contribution is 2.17. The summed E-state index contributed by atoms with van der Waals surface area (Å²) >= 11 is 0. The fraction of sp³-hybridized carbons (Fsp3) is 0.650. The Balaban J connectivity index is 1.53. The third kappa shape index (κ3) is 7.04. The van der Waals surface area contributed by atoms with Crippen molar-refractivity contribution in [3.63, 3.8) is 0 Å². The van der Waals surface area contributed by atoms with E-state index in [-0.39, 0.29) is 12.6 Å². The molecular weight excluding hydrogens is 314 g/mol. The molecule has 1 aromatic carbocycles. The molecule has 1 aliphatic rings. The molecule has 1 fully saturated rings. The van der Waals surface area contributed by atoms with E-state index in [1.165, 1.54) is 25.9 Å². The summed E-state index contributed by atoms with van der Waals surface area (Å²) < 4.78 is 0. The van der Waals surface area contributed by atoms with E-state index >= 15 is 0 Å². The smallest absolute Gasteiger partial charge is 0.314 e. The number of hydrogen-bond donors (Lipinski definition) is 3. The lowest BCUT2D eigenvalue weighted by molar-refractivity contribution is 0.172. The number of carbonyl (C=O) groups is 1. The van der Waals surface area contributed by atoms with E-state index in [0.29, 0.717) is 6.54 Å². The Labute approximate surface area is 151 Å². The highest BCUT2D eigenvalue weighted by molar-refractivity contribution is 5.73. The topological polar surface area (TPSA) is 64.6 Å². The molecule has 1 heterocycles. The van der Waals surface area contributed by atoms with Gasteiger partial charge in [0.1, 0.15) is 0 Å². The van der Waals surface area contributed by atoms with Crippen LogP contribution in [-0.4, -0.2) is 48.8 Å². The second kappa shape index (κ2) is 10.4. The van der Waals surface area contributed by atoms with Gasteiger partial charge in [-0.2, -0.15) is 0 Å². The van der Waals surface area contributed by atoms with E-state index in [2.05, 4.69) is 22.5 Å².